The number of rotatable bonds is 2. The first kappa shape index (κ1) is 18.0. The largest absolute Gasteiger partial charge is 0.276 e. The molecule has 0 bridgehead atoms. The van der Waals surface area contributed by atoms with E-state index in [0.29, 0.717) is 46.1 Å². The van der Waals surface area contributed by atoms with Gasteiger partial charge in [-0.25, -0.2) is 10.0 Å². The Morgan fingerprint density at radius 3 is 1.48 bits per heavy atom. The lowest BCUT2D eigenvalue weighted by atomic mass is 9.86. The Bertz CT molecular complexity index is 1040. The van der Waals surface area contributed by atoms with Crippen LogP contribution in [-0.2, 0) is 0 Å². The molecule has 3 heterocycles. The number of piperidine rings is 1. The number of nitrogens with zero attached hydrogens (tertiary/aromatic N) is 3. The van der Waals surface area contributed by atoms with Gasteiger partial charge in [0.25, 0.3) is 23.6 Å². The molecule has 1 saturated heterocycles. The van der Waals surface area contributed by atoms with E-state index >= 15 is 0 Å². The Balaban J connectivity index is 1.73. The van der Waals surface area contributed by atoms with Crippen LogP contribution in [0.1, 0.15) is 74.5 Å². The number of benzene rings is 2. The van der Waals surface area contributed by atoms with Crippen molar-refractivity contribution >= 4 is 34.4 Å². The van der Waals surface area contributed by atoms with E-state index in [4.69, 9.17) is 0 Å². The molecular weight excluding hydrogens is 370 g/mol. The maximum Gasteiger partial charge on any atom is 0.276 e. The van der Waals surface area contributed by atoms with Gasteiger partial charge in [-0.3, -0.25) is 24.1 Å². The maximum absolute atomic E-state index is 13.3. The molecule has 7 nitrogen and oxygen atoms in total. The summed E-state index contributed by atoms with van der Waals surface area (Å²) in [5.41, 5.74) is 1.45. The van der Waals surface area contributed by atoms with Crippen LogP contribution in [0.2, 0.25) is 0 Å². The summed E-state index contributed by atoms with van der Waals surface area (Å²) >= 11 is 0. The lowest BCUT2D eigenvalue weighted by Crippen LogP contribution is -2.53. The van der Waals surface area contributed by atoms with Crippen molar-refractivity contribution in [1.82, 2.24) is 14.9 Å². The van der Waals surface area contributed by atoms with Crippen LogP contribution in [0.5, 0.6) is 0 Å². The van der Waals surface area contributed by atoms with Gasteiger partial charge < -0.3 is 0 Å². The Morgan fingerprint density at radius 2 is 1.07 bits per heavy atom. The summed E-state index contributed by atoms with van der Waals surface area (Å²) in [7, 11) is 0. The molecule has 148 valence electrons. The van der Waals surface area contributed by atoms with Gasteiger partial charge in [0, 0.05) is 41.0 Å². The highest BCUT2D eigenvalue weighted by Crippen LogP contribution is 2.38. The van der Waals surface area contributed by atoms with Crippen molar-refractivity contribution in [2.45, 2.75) is 39.2 Å². The summed E-state index contributed by atoms with van der Waals surface area (Å²) in [6.45, 7) is 4.89. The molecule has 0 radical (unpaired) electrons. The van der Waals surface area contributed by atoms with Crippen molar-refractivity contribution in [2.75, 3.05) is 13.1 Å². The zero-order chi connectivity index (χ0) is 20.4. The van der Waals surface area contributed by atoms with Crippen LogP contribution in [0.3, 0.4) is 0 Å². The molecule has 3 aliphatic heterocycles. The number of hydrogen-bond acceptors (Lipinski definition) is 5. The fourth-order valence-electron chi connectivity index (χ4n) is 4.68. The predicted octanol–water partition coefficient (Wildman–Crippen LogP) is 2.84. The number of carbonyl (C=O) groups is 4. The molecule has 0 saturated carbocycles. The summed E-state index contributed by atoms with van der Waals surface area (Å²) in [6.07, 6.45) is 2.96. The lowest BCUT2D eigenvalue weighted by molar-refractivity contribution is -0.0115. The quantitative estimate of drug-likeness (QED) is 0.736. The molecule has 5 rings (SSSR count). The maximum atomic E-state index is 13.3. The van der Waals surface area contributed by atoms with Crippen LogP contribution in [0.4, 0.5) is 0 Å². The van der Waals surface area contributed by atoms with E-state index in [2.05, 4.69) is 0 Å². The average molecular weight is 391 g/mol. The summed E-state index contributed by atoms with van der Waals surface area (Å²) in [6, 6.07) is 6.16. The molecule has 0 atom stereocenters. The second-order valence-corrected chi connectivity index (χ2v) is 8.08. The minimum atomic E-state index is -0.390. The number of hydrazine groups is 1. The molecule has 0 N–H and O–H groups in total. The van der Waals surface area contributed by atoms with Crippen molar-refractivity contribution in [1.29, 1.82) is 0 Å². The van der Waals surface area contributed by atoms with Gasteiger partial charge in [-0.15, -0.1) is 0 Å². The molecule has 4 amide bonds. The molecule has 2 aromatic carbocycles. The Hall–Kier alpha value is -3.06. The van der Waals surface area contributed by atoms with Crippen LogP contribution in [0, 0.1) is 0 Å². The third kappa shape index (κ3) is 2.34. The highest BCUT2D eigenvalue weighted by Gasteiger charge is 2.42. The monoisotopic (exact) mass is 391 g/mol. The lowest BCUT2D eigenvalue weighted by Gasteiger charge is -2.39. The van der Waals surface area contributed by atoms with Gasteiger partial charge in [0.15, 0.2) is 0 Å². The highest BCUT2D eigenvalue weighted by molar-refractivity contribution is 6.33. The summed E-state index contributed by atoms with van der Waals surface area (Å²) in [5.74, 6) is -1.56. The molecule has 0 aliphatic carbocycles. The van der Waals surface area contributed by atoms with Gasteiger partial charge in [0.2, 0.25) is 0 Å². The molecule has 0 unspecified atom stereocenters. The van der Waals surface area contributed by atoms with Gasteiger partial charge in [0.05, 0.1) is 11.1 Å². The molecule has 0 spiro atoms. The third-order valence-corrected chi connectivity index (χ3v) is 6.04. The predicted molar refractivity (Wildman–Crippen MR) is 106 cm³/mol. The number of imide groups is 2. The SMILES string of the molecule is CC(C)N1C(=O)c2ccc3c4c(ccc(c24)C1=O)C(=O)N(N1CCCCC1)C3=O. The molecule has 1 fully saturated rings. The number of carbonyl (C=O) groups excluding carboxylic acids is 4. The topological polar surface area (TPSA) is 78.0 Å². The normalized spacial score (nSPS) is 19.7. The zero-order valence-corrected chi connectivity index (χ0v) is 16.4. The van der Waals surface area contributed by atoms with E-state index < -0.39 is 0 Å². The Morgan fingerprint density at radius 1 is 0.655 bits per heavy atom. The van der Waals surface area contributed by atoms with Crippen LogP contribution >= 0.6 is 0 Å². The highest BCUT2D eigenvalue weighted by atomic mass is 16.2. The van der Waals surface area contributed by atoms with Gasteiger partial charge in [-0.05, 0) is 51.0 Å². The first-order chi connectivity index (χ1) is 13.9. The Kier molecular flexibility index (Phi) is 3.86. The number of hydrogen-bond donors (Lipinski definition) is 0. The summed E-state index contributed by atoms with van der Waals surface area (Å²) in [5, 5.41) is 3.90. The smallest absolute Gasteiger partial charge is 0.272 e. The van der Waals surface area contributed by atoms with Crippen LogP contribution < -0.4 is 0 Å². The molecule has 29 heavy (non-hydrogen) atoms. The fourth-order valence-corrected chi connectivity index (χ4v) is 4.68. The second kappa shape index (κ2) is 6.22. The van der Waals surface area contributed by atoms with Crippen molar-refractivity contribution in [3.8, 4) is 0 Å². The minimum absolute atomic E-state index is 0.289. The molecular formula is C22H21N3O4. The number of amides is 4. The third-order valence-electron chi connectivity index (χ3n) is 6.04. The van der Waals surface area contributed by atoms with E-state index in [-0.39, 0.29) is 29.7 Å². The van der Waals surface area contributed by atoms with Gasteiger partial charge in [-0.1, -0.05) is 6.42 Å². The fraction of sp³-hybridized carbons (Fsp3) is 0.364. The minimum Gasteiger partial charge on any atom is -0.272 e. The van der Waals surface area contributed by atoms with E-state index in [9.17, 15) is 19.2 Å². The van der Waals surface area contributed by atoms with Crippen LogP contribution in [-0.4, -0.2) is 57.7 Å². The molecule has 2 aromatic rings. The van der Waals surface area contributed by atoms with E-state index in [1.54, 1.807) is 38.1 Å². The van der Waals surface area contributed by atoms with E-state index in [1.807, 2.05) is 5.01 Å². The standard InChI is InChI=1S/C22H21N3O4/c1-12(2)24-19(26)13-6-8-15-18-16(9-7-14(17(13)18)20(24)27)22(29)25(21(15)28)23-10-4-3-5-11-23/h6-9,12H,3-5,10-11H2,1-2H3. The molecule has 3 aliphatic rings. The van der Waals surface area contributed by atoms with Crippen molar-refractivity contribution in [3.05, 3.63) is 46.5 Å². The zero-order valence-electron chi connectivity index (χ0n) is 16.4. The summed E-state index contributed by atoms with van der Waals surface area (Å²) in [4.78, 5) is 53.7. The van der Waals surface area contributed by atoms with E-state index in [1.165, 1.54) is 9.91 Å². The summed E-state index contributed by atoms with van der Waals surface area (Å²) < 4.78 is 0. The Labute approximate surface area is 167 Å². The van der Waals surface area contributed by atoms with Gasteiger partial charge >= 0.3 is 0 Å². The first-order valence-corrected chi connectivity index (χ1v) is 10.0. The van der Waals surface area contributed by atoms with Gasteiger partial charge in [0.1, 0.15) is 0 Å². The van der Waals surface area contributed by atoms with Gasteiger partial charge in [-0.2, -0.15) is 0 Å². The molecule has 7 heteroatoms. The van der Waals surface area contributed by atoms with Crippen molar-refractivity contribution in [2.24, 2.45) is 0 Å². The van der Waals surface area contributed by atoms with E-state index in [0.717, 1.165) is 19.3 Å². The molecule has 0 aromatic heterocycles. The van der Waals surface area contributed by atoms with Crippen molar-refractivity contribution in [3.63, 3.8) is 0 Å². The first-order valence-electron chi connectivity index (χ1n) is 10.0. The average Bonchev–Trinajstić information content (AvgIpc) is 2.71. The van der Waals surface area contributed by atoms with Crippen molar-refractivity contribution < 1.29 is 19.2 Å². The van der Waals surface area contributed by atoms with Crippen LogP contribution in [0.25, 0.3) is 10.8 Å². The second-order valence-electron chi connectivity index (χ2n) is 8.08. The van der Waals surface area contributed by atoms with Crippen LogP contribution in [0.15, 0.2) is 24.3 Å².